The highest BCUT2D eigenvalue weighted by Crippen LogP contribution is 2.36. The summed E-state index contributed by atoms with van der Waals surface area (Å²) in [6.07, 6.45) is 8.17. The van der Waals surface area contributed by atoms with Crippen molar-refractivity contribution in [3.05, 3.63) is 35.9 Å². The molecule has 1 saturated heterocycles. The zero-order valence-corrected chi connectivity index (χ0v) is 13.1. The molecule has 2 aliphatic rings. The van der Waals surface area contributed by atoms with E-state index in [2.05, 4.69) is 42.2 Å². The number of hydrogen-bond donors (Lipinski definition) is 0. The molecule has 1 saturated carbocycles. The Balaban J connectivity index is 1.77. The molecule has 3 rings (SSSR count). The molecule has 0 bridgehead atoms. The zero-order chi connectivity index (χ0) is 14.7. The molecule has 0 N–H and O–H groups in total. The molecule has 1 amide bonds. The molecule has 1 aliphatic heterocycles. The first-order chi connectivity index (χ1) is 10.3. The molecule has 2 heteroatoms. The average molecular weight is 285 g/mol. The maximum Gasteiger partial charge on any atom is 0.225 e. The zero-order valence-electron chi connectivity index (χ0n) is 13.1. The Morgan fingerprint density at radius 2 is 1.86 bits per heavy atom. The van der Waals surface area contributed by atoms with Crippen LogP contribution in [-0.4, -0.2) is 23.4 Å². The van der Waals surface area contributed by atoms with E-state index >= 15 is 0 Å². The molecular weight excluding hydrogens is 258 g/mol. The van der Waals surface area contributed by atoms with Crippen molar-refractivity contribution >= 4 is 5.91 Å². The topological polar surface area (TPSA) is 20.3 Å². The Morgan fingerprint density at radius 1 is 1.14 bits per heavy atom. The number of hydrogen-bond acceptors (Lipinski definition) is 1. The van der Waals surface area contributed by atoms with Gasteiger partial charge in [0.25, 0.3) is 0 Å². The predicted molar refractivity (Wildman–Crippen MR) is 86.2 cm³/mol. The highest BCUT2D eigenvalue weighted by molar-refractivity contribution is 5.79. The van der Waals surface area contributed by atoms with E-state index in [0.717, 1.165) is 25.8 Å². The molecule has 2 atom stereocenters. The number of carbonyl (C=O) groups excluding carboxylic acids is 1. The normalized spacial score (nSPS) is 24.4. The lowest BCUT2D eigenvalue weighted by Gasteiger charge is -2.33. The van der Waals surface area contributed by atoms with Gasteiger partial charge in [0, 0.05) is 24.4 Å². The van der Waals surface area contributed by atoms with Crippen molar-refractivity contribution in [2.45, 2.75) is 63.8 Å². The van der Waals surface area contributed by atoms with Crippen molar-refractivity contribution < 1.29 is 4.79 Å². The van der Waals surface area contributed by atoms with Crippen LogP contribution in [0.5, 0.6) is 0 Å². The number of rotatable bonds is 4. The van der Waals surface area contributed by atoms with Gasteiger partial charge in [-0.15, -0.1) is 0 Å². The highest BCUT2D eigenvalue weighted by Gasteiger charge is 2.37. The SMILES string of the molecule is CC[C@H](c1ccccc1)[C@@H]1CCCN1C(=O)C1CCCC1. The minimum Gasteiger partial charge on any atom is -0.339 e. The summed E-state index contributed by atoms with van der Waals surface area (Å²) in [5.74, 6) is 1.27. The fourth-order valence-electron chi connectivity index (χ4n) is 4.32. The largest absolute Gasteiger partial charge is 0.339 e. The second-order valence-electron chi connectivity index (χ2n) is 6.65. The minimum absolute atomic E-state index is 0.318. The monoisotopic (exact) mass is 285 g/mol. The van der Waals surface area contributed by atoms with Gasteiger partial charge in [0.15, 0.2) is 0 Å². The van der Waals surface area contributed by atoms with Gasteiger partial charge in [-0.25, -0.2) is 0 Å². The summed E-state index contributed by atoms with van der Waals surface area (Å²) >= 11 is 0. The summed E-state index contributed by atoms with van der Waals surface area (Å²) in [4.78, 5) is 15.1. The summed E-state index contributed by atoms with van der Waals surface area (Å²) in [7, 11) is 0. The van der Waals surface area contributed by atoms with Crippen LogP contribution in [0, 0.1) is 5.92 Å². The summed E-state index contributed by atoms with van der Waals surface area (Å²) in [5.41, 5.74) is 1.40. The van der Waals surface area contributed by atoms with Gasteiger partial charge in [0.2, 0.25) is 5.91 Å². The maximum atomic E-state index is 12.8. The summed E-state index contributed by atoms with van der Waals surface area (Å²) in [6, 6.07) is 11.2. The van der Waals surface area contributed by atoms with Crippen molar-refractivity contribution in [3.63, 3.8) is 0 Å². The average Bonchev–Trinajstić information content (AvgIpc) is 3.20. The standard InChI is InChI=1S/C19H27NO/c1-2-17(15-9-4-3-5-10-15)18-13-8-14-20(18)19(21)16-11-6-7-12-16/h3-5,9-10,16-18H,2,6-8,11-14H2,1H3/t17-,18+/m1/s1. The third kappa shape index (κ3) is 3.00. The van der Waals surface area contributed by atoms with Gasteiger partial charge in [-0.1, -0.05) is 50.1 Å². The fraction of sp³-hybridized carbons (Fsp3) is 0.632. The Bertz CT molecular complexity index is 464. The van der Waals surface area contributed by atoms with Crippen molar-refractivity contribution in [3.8, 4) is 0 Å². The molecule has 1 aromatic rings. The van der Waals surface area contributed by atoms with Gasteiger partial charge in [-0.2, -0.15) is 0 Å². The fourth-order valence-corrected chi connectivity index (χ4v) is 4.32. The first kappa shape index (κ1) is 14.6. The van der Waals surface area contributed by atoms with Crippen LogP contribution in [0.2, 0.25) is 0 Å². The van der Waals surface area contributed by atoms with Gasteiger partial charge >= 0.3 is 0 Å². The van der Waals surface area contributed by atoms with E-state index in [-0.39, 0.29) is 0 Å². The number of nitrogens with zero attached hydrogens (tertiary/aromatic N) is 1. The van der Waals surface area contributed by atoms with Crippen LogP contribution in [0.15, 0.2) is 30.3 Å². The van der Waals surface area contributed by atoms with Crippen molar-refractivity contribution in [2.75, 3.05) is 6.54 Å². The lowest BCUT2D eigenvalue weighted by molar-refractivity contribution is -0.136. The Hall–Kier alpha value is -1.31. The van der Waals surface area contributed by atoms with Crippen molar-refractivity contribution in [2.24, 2.45) is 5.92 Å². The third-order valence-corrected chi connectivity index (χ3v) is 5.42. The van der Waals surface area contributed by atoms with Crippen molar-refractivity contribution in [1.82, 2.24) is 4.90 Å². The summed E-state index contributed by atoms with van der Waals surface area (Å²) in [5, 5.41) is 0. The van der Waals surface area contributed by atoms with Gasteiger partial charge < -0.3 is 4.90 Å². The molecule has 21 heavy (non-hydrogen) atoms. The molecule has 2 nitrogen and oxygen atoms in total. The number of benzene rings is 1. The molecule has 1 aliphatic carbocycles. The summed E-state index contributed by atoms with van der Waals surface area (Å²) in [6.45, 7) is 3.23. The lowest BCUT2D eigenvalue weighted by atomic mass is 9.87. The second kappa shape index (κ2) is 6.64. The van der Waals surface area contributed by atoms with E-state index in [0.29, 0.717) is 23.8 Å². The van der Waals surface area contributed by atoms with Gasteiger partial charge in [-0.3, -0.25) is 4.79 Å². The Kier molecular flexibility index (Phi) is 4.62. The van der Waals surface area contributed by atoms with E-state index < -0.39 is 0 Å². The molecule has 0 unspecified atom stereocenters. The van der Waals surface area contributed by atoms with E-state index in [4.69, 9.17) is 0 Å². The van der Waals surface area contributed by atoms with Crippen LogP contribution in [0.1, 0.15) is 63.4 Å². The van der Waals surface area contributed by atoms with Crippen molar-refractivity contribution in [1.29, 1.82) is 0 Å². The lowest BCUT2D eigenvalue weighted by Crippen LogP contribution is -2.41. The minimum atomic E-state index is 0.318. The van der Waals surface area contributed by atoms with Crippen LogP contribution < -0.4 is 0 Å². The van der Waals surface area contributed by atoms with E-state index in [1.165, 1.54) is 31.2 Å². The molecule has 0 radical (unpaired) electrons. The molecule has 1 aromatic carbocycles. The number of carbonyl (C=O) groups is 1. The van der Waals surface area contributed by atoms with Gasteiger partial charge in [-0.05, 0) is 37.7 Å². The van der Waals surface area contributed by atoms with E-state index in [1.807, 2.05) is 0 Å². The second-order valence-corrected chi connectivity index (χ2v) is 6.65. The molecule has 114 valence electrons. The smallest absolute Gasteiger partial charge is 0.225 e. The molecule has 2 fully saturated rings. The highest BCUT2D eigenvalue weighted by atomic mass is 16.2. The molecular formula is C19H27NO. The van der Waals surface area contributed by atoms with Crippen LogP contribution in [-0.2, 0) is 4.79 Å². The first-order valence-corrected chi connectivity index (χ1v) is 8.66. The third-order valence-electron chi connectivity index (χ3n) is 5.42. The van der Waals surface area contributed by atoms with Crippen LogP contribution >= 0.6 is 0 Å². The maximum absolute atomic E-state index is 12.8. The van der Waals surface area contributed by atoms with Crippen LogP contribution in [0.3, 0.4) is 0 Å². The van der Waals surface area contributed by atoms with E-state index in [1.54, 1.807) is 0 Å². The predicted octanol–water partition coefficient (Wildman–Crippen LogP) is 4.36. The van der Waals surface area contributed by atoms with Gasteiger partial charge in [0.1, 0.15) is 0 Å². The molecule has 1 heterocycles. The van der Waals surface area contributed by atoms with Crippen LogP contribution in [0.4, 0.5) is 0 Å². The Labute approximate surface area is 128 Å². The quantitative estimate of drug-likeness (QED) is 0.805. The summed E-state index contributed by atoms with van der Waals surface area (Å²) < 4.78 is 0. The number of amides is 1. The van der Waals surface area contributed by atoms with E-state index in [9.17, 15) is 4.79 Å². The molecule has 0 spiro atoms. The van der Waals surface area contributed by atoms with Crippen LogP contribution in [0.25, 0.3) is 0 Å². The first-order valence-electron chi connectivity index (χ1n) is 8.66. The molecule has 0 aromatic heterocycles. The Morgan fingerprint density at radius 3 is 2.52 bits per heavy atom. The van der Waals surface area contributed by atoms with Gasteiger partial charge in [0.05, 0.1) is 0 Å². The number of likely N-dealkylation sites (tertiary alicyclic amines) is 1.